The minimum Gasteiger partial charge on any atom is -0.0655 e. The van der Waals surface area contributed by atoms with Crippen molar-refractivity contribution in [1.29, 1.82) is 0 Å². The van der Waals surface area contributed by atoms with Crippen LogP contribution in [0, 0.1) is 6.92 Å². The average Bonchev–Trinajstić information content (AvgIpc) is 1.94. The molecular formula is C9H12Si. The third-order valence-electron chi connectivity index (χ3n) is 1.68. The lowest BCUT2D eigenvalue weighted by atomic mass is 10.1. The molecule has 0 unspecified atom stereocenters. The van der Waals surface area contributed by atoms with Crippen molar-refractivity contribution in [2.45, 2.75) is 20.3 Å². The van der Waals surface area contributed by atoms with Gasteiger partial charge in [0.05, 0.1) is 10.2 Å². The molecule has 0 saturated heterocycles. The molecular weight excluding hydrogens is 136 g/mol. The highest BCUT2D eigenvalue weighted by Gasteiger charge is 1.93. The van der Waals surface area contributed by atoms with Gasteiger partial charge in [-0.3, -0.25) is 0 Å². The lowest BCUT2D eigenvalue weighted by Gasteiger charge is -2.02. The molecule has 0 saturated carbocycles. The van der Waals surface area contributed by atoms with E-state index >= 15 is 0 Å². The molecule has 0 aliphatic carbocycles. The number of hydrogen-bond donors (Lipinski definition) is 0. The summed E-state index contributed by atoms with van der Waals surface area (Å²) in [6.07, 6.45) is 1.13. The molecule has 1 aromatic rings. The number of rotatable bonds is 1. The largest absolute Gasteiger partial charge is 0.0655 e. The maximum absolute atomic E-state index is 2.75. The monoisotopic (exact) mass is 148 g/mol. The van der Waals surface area contributed by atoms with Crippen LogP contribution in [0.2, 0.25) is 0 Å². The predicted molar refractivity (Wildman–Crippen MR) is 47.3 cm³/mol. The van der Waals surface area contributed by atoms with E-state index in [4.69, 9.17) is 0 Å². The minimum atomic E-state index is 1.13. The molecule has 52 valence electrons. The molecule has 0 aliphatic heterocycles. The first-order valence-electron chi connectivity index (χ1n) is 3.59. The summed E-state index contributed by atoms with van der Waals surface area (Å²) in [6.45, 7) is 4.31. The molecule has 0 heterocycles. The highest BCUT2D eigenvalue weighted by Crippen LogP contribution is 2.00. The topological polar surface area (TPSA) is 0 Å². The van der Waals surface area contributed by atoms with Crippen LogP contribution in [0.5, 0.6) is 0 Å². The Morgan fingerprint density at radius 1 is 1.40 bits per heavy atom. The second-order valence-electron chi connectivity index (χ2n) is 2.56. The predicted octanol–water partition coefficient (Wildman–Crippen LogP) is 1.08. The van der Waals surface area contributed by atoms with Crippen molar-refractivity contribution in [3.63, 3.8) is 0 Å². The van der Waals surface area contributed by atoms with E-state index in [1.54, 1.807) is 0 Å². The number of aryl methyl sites for hydroxylation is 2. The van der Waals surface area contributed by atoms with E-state index in [2.05, 4.69) is 42.3 Å². The summed E-state index contributed by atoms with van der Waals surface area (Å²) in [5, 5.41) is 1.33. The Kier molecular flexibility index (Phi) is 2.28. The van der Waals surface area contributed by atoms with Crippen molar-refractivity contribution in [3.8, 4) is 0 Å². The molecule has 1 rings (SSSR count). The number of hydrogen-bond acceptors (Lipinski definition) is 0. The van der Waals surface area contributed by atoms with Gasteiger partial charge in [0.1, 0.15) is 0 Å². The molecule has 0 amide bonds. The second-order valence-corrected chi connectivity index (χ2v) is 3.18. The highest BCUT2D eigenvalue weighted by molar-refractivity contribution is 6.33. The lowest BCUT2D eigenvalue weighted by Crippen LogP contribution is -2.08. The molecule has 0 atom stereocenters. The maximum Gasteiger partial charge on any atom is 0.0589 e. The van der Waals surface area contributed by atoms with Crippen LogP contribution in [-0.2, 0) is 6.42 Å². The van der Waals surface area contributed by atoms with E-state index in [9.17, 15) is 0 Å². The van der Waals surface area contributed by atoms with Gasteiger partial charge in [0, 0.05) is 0 Å². The normalized spacial score (nSPS) is 9.90. The van der Waals surface area contributed by atoms with E-state index in [0.29, 0.717) is 0 Å². The standard InChI is InChI=1S/C9H12Si/c1-3-8-6-7(2)4-5-9(8)10/h4-6,10H,3H2,1-2H3. The second kappa shape index (κ2) is 3.02. The summed E-state index contributed by atoms with van der Waals surface area (Å²) in [6, 6.07) is 6.53. The molecule has 0 fully saturated rings. The van der Waals surface area contributed by atoms with Gasteiger partial charge in [-0.05, 0) is 18.9 Å². The van der Waals surface area contributed by atoms with Gasteiger partial charge in [-0.2, -0.15) is 0 Å². The van der Waals surface area contributed by atoms with Crippen LogP contribution in [0.1, 0.15) is 18.1 Å². The van der Waals surface area contributed by atoms with Crippen molar-refractivity contribution in [2.24, 2.45) is 0 Å². The SMILES string of the molecule is CCc1cc(C)ccc1[SiH]. The van der Waals surface area contributed by atoms with Crippen molar-refractivity contribution in [2.75, 3.05) is 0 Å². The van der Waals surface area contributed by atoms with Crippen molar-refractivity contribution in [3.05, 3.63) is 29.3 Å². The molecule has 0 spiro atoms. The molecule has 0 nitrogen and oxygen atoms in total. The van der Waals surface area contributed by atoms with Gasteiger partial charge in [0.2, 0.25) is 0 Å². The van der Waals surface area contributed by atoms with Crippen LogP contribution < -0.4 is 5.19 Å². The quantitative estimate of drug-likeness (QED) is 0.523. The Labute approximate surface area is 65.7 Å². The van der Waals surface area contributed by atoms with E-state index in [1.165, 1.54) is 16.3 Å². The molecule has 0 bridgehead atoms. The highest BCUT2D eigenvalue weighted by atomic mass is 28.1. The summed E-state index contributed by atoms with van der Waals surface area (Å²) >= 11 is 0. The third-order valence-corrected chi connectivity index (χ3v) is 2.24. The van der Waals surface area contributed by atoms with Crippen LogP contribution in [0.15, 0.2) is 18.2 Å². The van der Waals surface area contributed by atoms with E-state index < -0.39 is 0 Å². The van der Waals surface area contributed by atoms with Gasteiger partial charge >= 0.3 is 0 Å². The van der Waals surface area contributed by atoms with Gasteiger partial charge in [-0.15, -0.1) is 0 Å². The maximum atomic E-state index is 2.75. The van der Waals surface area contributed by atoms with E-state index in [0.717, 1.165) is 6.42 Å². The van der Waals surface area contributed by atoms with Crippen LogP contribution in [0.25, 0.3) is 0 Å². The fourth-order valence-corrected chi connectivity index (χ4v) is 1.42. The van der Waals surface area contributed by atoms with Gasteiger partial charge in [0.25, 0.3) is 0 Å². The Bertz CT molecular complexity index is 228. The summed E-state index contributed by atoms with van der Waals surface area (Å²) in [5.74, 6) is 0. The summed E-state index contributed by atoms with van der Waals surface area (Å²) < 4.78 is 0. The molecule has 0 aliphatic rings. The Morgan fingerprint density at radius 3 is 2.60 bits per heavy atom. The summed E-state index contributed by atoms with van der Waals surface area (Å²) in [5.41, 5.74) is 2.79. The zero-order valence-corrected chi connectivity index (χ0v) is 7.67. The fraction of sp³-hybridized carbons (Fsp3) is 0.333. The molecule has 1 aromatic carbocycles. The van der Waals surface area contributed by atoms with Crippen LogP contribution >= 0.6 is 0 Å². The fourth-order valence-electron chi connectivity index (χ4n) is 1.04. The Hall–Kier alpha value is -0.563. The van der Waals surface area contributed by atoms with Crippen molar-refractivity contribution >= 4 is 15.4 Å². The lowest BCUT2D eigenvalue weighted by molar-refractivity contribution is 1.15. The zero-order valence-electron chi connectivity index (χ0n) is 6.52. The number of benzene rings is 1. The average molecular weight is 148 g/mol. The zero-order chi connectivity index (χ0) is 7.56. The first kappa shape index (κ1) is 7.54. The van der Waals surface area contributed by atoms with Crippen molar-refractivity contribution < 1.29 is 0 Å². The first-order valence-corrected chi connectivity index (χ1v) is 4.16. The van der Waals surface area contributed by atoms with Crippen LogP contribution in [0.4, 0.5) is 0 Å². The van der Waals surface area contributed by atoms with E-state index in [-0.39, 0.29) is 0 Å². The van der Waals surface area contributed by atoms with E-state index in [1.807, 2.05) is 0 Å². The Morgan fingerprint density at radius 2 is 2.10 bits per heavy atom. The van der Waals surface area contributed by atoms with Crippen molar-refractivity contribution in [1.82, 2.24) is 0 Å². The molecule has 0 N–H and O–H groups in total. The van der Waals surface area contributed by atoms with Crippen LogP contribution in [0.3, 0.4) is 0 Å². The van der Waals surface area contributed by atoms with Gasteiger partial charge in [0.15, 0.2) is 0 Å². The minimum absolute atomic E-state index is 1.13. The Balaban J connectivity index is 3.09. The smallest absolute Gasteiger partial charge is 0.0589 e. The third kappa shape index (κ3) is 1.48. The summed E-state index contributed by atoms with van der Waals surface area (Å²) in [7, 11) is 2.75. The molecule has 1 heteroatoms. The van der Waals surface area contributed by atoms with Gasteiger partial charge in [-0.1, -0.05) is 35.9 Å². The molecule has 2 radical (unpaired) electrons. The summed E-state index contributed by atoms with van der Waals surface area (Å²) in [4.78, 5) is 0. The van der Waals surface area contributed by atoms with Gasteiger partial charge in [-0.25, -0.2) is 0 Å². The first-order chi connectivity index (χ1) is 4.74. The molecule has 0 aromatic heterocycles. The van der Waals surface area contributed by atoms with Crippen LogP contribution in [-0.4, -0.2) is 10.2 Å². The van der Waals surface area contributed by atoms with Gasteiger partial charge < -0.3 is 0 Å². The molecule has 10 heavy (non-hydrogen) atoms.